The standard InChI is InChI=1S/C20H24N8O2S/c1-11(2)14-5-4-12(18(23-14)29-3)16-8-22-19-28(16)25-20(31-19)27-9-13-15(24-26-21)6-7-30-17(13)10-27/h4-5,8,11,13,15,17H,6-7,9-10H2,1-3H3/t13-,15?,17+/m0/s1. The molecule has 5 heterocycles. The summed E-state index contributed by atoms with van der Waals surface area (Å²) in [5.41, 5.74) is 11.6. The number of nitrogens with zero attached hydrogens (tertiary/aromatic N) is 8. The monoisotopic (exact) mass is 440 g/mol. The number of pyridine rings is 1. The predicted octanol–water partition coefficient (Wildman–Crippen LogP) is 3.89. The lowest BCUT2D eigenvalue weighted by molar-refractivity contribution is -0.00894. The van der Waals surface area contributed by atoms with Crippen molar-refractivity contribution >= 4 is 21.4 Å². The Bertz CT molecular complexity index is 1150. The first kappa shape index (κ1) is 20.0. The van der Waals surface area contributed by atoms with Gasteiger partial charge < -0.3 is 14.4 Å². The summed E-state index contributed by atoms with van der Waals surface area (Å²) < 4.78 is 13.4. The van der Waals surface area contributed by atoms with Gasteiger partial charge in [-0.25, -0.2) is 14.5 Å². The molecule has 2 aliphatic heterocycles. The van der Waals surface area contributed by atoms with Crippen LogP contribution < -0.4 is 9.64 Å². The van der Waals surface area contributed by atoms with Gasteiger partial charge in [0.05, 0.1) is 30.7 Å². The van der Waals surface area contributed by atoms with Crippen molar-refractivity contribution in [1.29, 1.82) is 0 Å². The summed E-state index contributed by atoms with van der Waals surface area (Å²) in [7, 11) is 1.63. The third kappa shape index (κ3) is 3.48. The first-order valence-electron chi connectivity index (χ1n) is 10.4. The van der Waals surface area contributed by atoms with E-state index in [0.717, 1.165) is 46.6 Å². The topological polar surface area (TPSA) is 114 Å². The van der Waals surface area contributed by atoms with Gasteiger partial charge in [0.1, 0.15) is 0 Å². The molecular formula is C20H24N8O2S. The van der Waals surface area contributed by atoms with Crippen LogP contribution >= 0.6 is 11.3 Å². The summed E-state index contributed by atoms with van der Waals surface area (Å²) >= 11 is 1.54. The Morgan fingerprint density at radius 2 is 2.23 bits per heavy atom. The van der Waals surface area contributed by atoms with Gasteiger partial charge in [-0.1, -0.05) is 30.3 Å². The minimum absolute atomic E-state index is 0.0248. The average Bonchev–Trinajstić information content (AvgIpc) is 3.47. The van der Waals surface area contributed by atoms with Crippen molar-refractivity contribution in [2.45, 2.75) is 38.3 Å². The van der Waals surface area contributed by atoms with E-state index in [4.69, 9.17) is 20.1 Å². The van der Waals surface area contributed by atoms with E-state index < -0.39 is 0 Å². The summed E-state index contributed by atoms with van der Waals surface area (Å²) in [6.07, 6.45) is 2.64. The molecule has 10 nitrogen and oxygen atoms in total. The number of imidazole rings is 1. The van der Waals surface area contributed by atoms with Crippen LogP contribution in [0.5, 0.6) is 5.88 Å². The van der Waals surface area contributed by atoms with E-state index in [2.05, 4.69) is 38.7 Å². The average molecular weight is 441 g/mol. The Morgan fingerprint density at radius 1 is 1.35 bits per heavy atom. The molecule has 3 atom stereocenters. The second-order valence-electron chi connectivity index (χ2n) is 8.21. The van der Waals surface area contributed by atoms with Crippen LogP contribution in [0, 0.1) is 5.92 Å². The van der Waals surface area contributed by atoms with Crippen LogP contribution in [-0.4, -0.2) is 58.5 Å². The molecule has 3 aromatic rings. The van der Waals surface area contributed by atoms with Crippen molar-refractivity contribution in [2.24, 2.45) is 11.0 Å². The Balaban J connectivity index is 1.46. The summed E-state index contributed by atoms with van der Waals surface area (Å²) in [4.78, 5) is 15.3. The zero-order chi connectivity index (χ0) is 21.5. The van der Waals surface area contributed by atoms with Crippen molar-refractivity contribution in [3.8, 4) is 17.1 Å². The fourth-order valence-corrected chi connectivity index (χ4v) is 5.28. The van der Waals surface area contributed by atoms with E-state index in [1.165, 1.54) is 11.3 Å². The SMILES string of the molecule is COc1nc(C(C)C)ccc1-c1cnc2sc(N3C[C@H]4OCCC(N=[N+]=[N-])[C@@H]4C3)nn12. The largest absolute Gasteiger partial charge is 0.480 e. The molecule has 0 aliphatic carbocycles. The molecule has 3 aromatic heterocycles. The molecule has 0 radical (unpaired) electrons. The second kappa shape index (κ2) is 7.99. The number of fused-ring (bicyclic) bond motifs is 2. The Labute approximate surface area is 183 Å². The van der Waals surface area contributed by atoms with Crippen molar-refractivity contribution in [3.05, 3.63) is 34.5 Å². The molecule has 0 bridgehead atoms. The lowest BCUT2D eigenvalue weighted by atomic mass is 9.92. The second-order valence-corrected chi connectivity index (χ2v) is 9.14. The molecule has 0 spiro atoms. The van der Waals surface area contributed by atoms with E-state index in [1.807, 2.05) is 22.8 Å². The summed E-state index contributed by atoms with van der Waals surface area (Å²) in [5, 5.41) is 9.73. The Hall–Kier alpha value is -2.88. The molecule has 0 aromatic carbocycles. The van der Waals surface area contributed by atoms with Gasteiger partial charge in [-0.2, -0.15) is 0 Å². The van der Waals surface area contributed by atoms with Gasteiger partial charge in [0.15, 0.2) is 0 Å². The van der Waals surface area contributed by atoms with Crippen LogP contribution in [0.1, 0.15) is 31.9 Å². The molecule has 0 N–H and O–H groups in total. The maximum absolute atomic E-state index is 8.88. The molecule has 11 heteroatoms. The van der Waals surface area contributed by atoms with Crippen LogP contribution in [0.2, 0.25) is 0 Å². The summed E-state index contributed by atoms with van der Waals surface area (Å²) in [5.74, 6) is 1.07. The number of methoxy groups -OCH3 is 1. The highest BCUT2D eigenvalue weighted by molar-refractivity contribution is 7.20. The van der Waals surface area contributed by atoms with E-state index in [1.54, 1.807) is 7.11 Å². The van der Waals surface area contributed by atoms with E-state index >= 15 is 0 Å². The lowest BCUT2D eigenvalue weighted by Crippen LogP contribution is -2.37. The molecule has 0 saturated carbocycles. The van der Waals surface area contributed by atoms with Gasteiger partial charge in [-0.3, -0.25) is 0 Å². The number of anilines is 1. The summed E-state index contributed by atoms with van der Waals surface area (Å²) in [6.45, 7) is 6.34. The molecular weight excluding hydrogens is 416 g/mol. The highest BCUT2D eigenvalue weighted by Gasteiger charge is 2.42. The highest BCUT2D eigenvalue weighted by atomic mass is 32.1. The molecule has 2 fully saturated rings. The molecule has 2 saturated heterocycles. The zero-order valence-electron chi connectivity index (χ0n) is 17.7. The van der Waals surface area contributed by atoms with Gasteiger partial charge in [0, 0.05) is 42.3 Å². The predicted molar refractivity (Wildman–Crippen MR) is 118 cm³/mol. The van der Waals surface area contributed by atoms with Crippen LogP contribution in [-0.2, 0) is 4.74 Å². The third-order valence-corrected chi connectivity index (χ3v) is 7.02. The maximum Gasteiger partial charge on any atom is 0.222 e. The van der Waals surface area contributed by atoms with Crippen LogP contribution in [0.4, 0.5) is 5.13 Å². The molecule has 0 amide bonds. The lowest BCUT2D eigenvalue weighted by Gasteiger charge is -2.29. The molecule has 1 unspecified atom stereocenters. The number of hydrogen-bond donors (Lipinski definition) is 0. The summed E-state index contributed by atoms with van der Waals surface area (Å²) in [6, 6.07) is 4.02. The number of azide groups is 1. The van der Waals surface area contributed by atoms with E-state index in [0.29, 0.717) is 18.4 Å². The van der Waals surface area contributed by atoms with Gasteiger partial charge in [-0.15, -0.1) is 5.10 Å². The van der Waals surface area contributed by atoms with Gasteiger partial charge in [0.2, 0.25) is 16.0 Å². The zero-order valence-corrected chi connectivity index (χ0v) is 18.5. The van der Waals surface area contributed by atoms with E-state index in [9.17, 15) is 0 Å². The number of ether oxygens (including phenoxy) is 2. The Kier molecular flexibility index (Phi) is 5.17. The normalized spacial score (nSPS) is 23.2. The van der Waals surface area contributed by atoms with Crippen LogP contribution in [0.3, 0.4) is 0 Å². The maximum atomic E-state index is 8.88. The first-order chi connectivity index (χ1) is 15.1. The molecule has 31 heavy (non-hydrogen) atoms. The molecule has 162 valence electrons. The molecule has 2 aliphatic rings. The minimum Gasteiger partial charge on any atom is -0.480 e. The van der Waals surface area contributed by atoms with Gasteiger partial charge >= 0.3 is 0 Å². The minimum atomic E-state index is -0.0248. The van der Waals surface area contributed by atoms with E-state index in [-0.39, 0.29) is 18.1 Å². The van der Waals surface area contributed by atoms with Crippen LogP contribution in [0.25, 0.3) is 26.7 Å². The fourth-order valence-electron chi connectivity index (χ4n) is 4.39. The smallest absolute Gasteiger partial charge is 0.222 e. The van der Waals surface area contributed by atoms with Crippen molar-refractivity contribution in [3.63, 3.8) is 0 Å². The third-order valence-electron chi connectivity index (χ3n) is 6.04. The number of hydrogen-bond acceptors (Lipinski definition) is 8. The van der Waals surface area contributed by atoms with Crippen molar-refractivity contribution < 1.29 is 9.47 Å². The van der Waals surface area contributed by atoms with Crippen molar-refractivity contribution in [2.75, 3.05) is 31.7 Å². The first-order valence-corrected chi connectivity index (χ1v) is 11.2. The van der Waals surface area contributed by atoms with Gasteiger partial charge in [-0.05, 0) is 30.0 Å². The molecule has 5 rings (SSSR count). The quantitative estimate of drug-likeness (QED) is 0.338. The van der Waals surface area contributed by atoms with Gasteiger partial charge in [0.25, 0.3) is 0 Å². The van der Waals surface area contributed by atoms with Crippen LogP contribution in [0.15, 0.2) is 23.4 Å². The Morgan fingerprint density at radius 3 is 3.00 bits per heavy atom. The highest BCUT2D eigenvalue weighted by Crippen LogP contribution is 2.37. The number of aromatic nitrogens is 4. The van der Waals surface area contributed by atoms with Crippen molar-refractivity contribution in [1.82, 2.24) is 19.6 Å². The fraction of sp³-hybridized carbons (Fsp3) is 0.550. The number of rotatable bonds is 5.